The number of esters is 1. The first-order valence-corrected chi connectivity index (χ1v) is 8.37. The summed E-state index contributed by atoms with van der Waals surface area (Å²) < 4.78 is 23.4. The SMILES string of the molecule is CC(C)(C)OC(=O)C[P+](=O)c1ccccc1OC(C)(C)C. The number of carbonyl (C=O) groups excluding carboxylic acids is 1. The van der Waals surface area contributed by atoms with Crippen molar-refractivity contribution in [1.29, 1.82) is 0 Å². The number of ether oxygens (including phenoxy) is 2. The Balaban J connectivity index is 2.86. The molecule has 0 radical (unpaired) electrons. The summed E-state index contributed by atoms with van der Waals surface area (Å²) in [6.07, 6.45) is -0.142. The third-order valence-corrected chi connectivity index (χ3v) is 3.70. The van der Waals surface area contributed by atoms with Gasteiger partial charge in [0.05, 0.1) is 0 Å². The van der Waals surface area contributed by atoms with Gasteiger partial charge in [0.1, 0.15) is 11.2 Å². The van der Waals surface area contributed by atoms with Crippen LogP contribution < -0.4 is 10.0 Å². The molecule has 1 unspecified atom stereocenters. The predicted molar refractivity (Wildman–Crippen MR) is 84.8 cm³/mol. The summed E-state index contributed by atoms with van der Waals surface area (Å²) >= 11 is 0. The lowest BCUT2D eigenvalue weighted by Gasteiger charge is -2.21. The molecule has 0 fully saturated rings. The van der Waals surface area contributed by atoms with Gasteiger partial charge in [0, 0.05) is 0 Å². The van der Waals surface area contributed by atoms with Crippen LogP contribution in [0.5, 0.6) is 5.75 Å². The van der Waals surface area contributed by atoms with Gasteiger partial charge in [-0.1, -0.05) is 16.7 Å². The first kappa shape index (κ1) is 17.6. The third kappa shape index (κ3) is 6.72. The van der Waals surface area contributed by atoms with Gasteiger partial charge in [-0.3, -0.25) is 0 Å². The number of benzene rings is 1. The van der Waals surface area contributed by atoms with Crippen LogP contribution in [-0.2, 0) is 14.1 Å². The topological polar surface area (TPSA) is 52.6 Å². The standard InChI is InChI=1S/C16H24O4P/c1-15(2,3)19-12-9-7-8-10-13(12)21(18)11-14(17)20-16(4,5)6/h7-10H,11H2,1-6H3/q+1. The van der Waals surface area contributed by atoms with Crippen LogP contribution in [0.4, 0.5) is 0 Å². The highest BCUT2D eigenvalue weighted by atomic mass is 31.1. The molecule has 1 aromatic carbocycles. The highest BCUT2D eigenvalue weighted by Gasteiger charge is 2.32. The Morgan fingerprint density at radius 1 is 1.05 bits per heavy atom. The van der Waals surface area contributed by atoms with Crippen molar-refractivity contribution in [1.82, 2.24) is 0 Å². The van der Waals surface area contributed by atoms with Crippen molar-refractivity contribution in [3.05, 3.63) is 24.3 Å². The Labute approximate surface area is 127 Å². The molecule has 0 saturated heterocycles. The number of para-hydroxylation sites is 1. The lowest BCUT2D eigenvalue weighted by atomic mass is 10.2. The maximum absolute atomic E-state index is 12.4. The predicted octanol–water partition coefficient (Wildman–Crippen LogP) is 3.66. The van der Waals surface area contributed by atoms with Crippen LogP contribution in [-0.4, -0.2) is 23.3 Å². The van der Waals surface area contributed by atoms with Crippen LogP contribution in [0.15, 0.2) is 24.3 Å². The maximum atomic E-state index is 12.4. The summed E-state index contributed by atoms with van der Waals surface area (Å²) in [5.41, 5.74) is -0.965. The molecule has 1 aromatic rings. The molecule has 0 aliphatic heterocycles. The second-order valence-corrected chi connectivity index (χ2v) is 8.36. The molecule has 0 saturated carbocycles. The van der Waals surface area contributed by atoms with Crippen LogP contribution in [0.25, 0.3) is 0 Å². The van der Waals surface area contributed by atoms with E-state index in [9.17, 15) is 9.36 Å². The van der Waals surface area contributed by atoms with E-state index in [4.69, 9.17) is 9.47 Å². The van der Waals surface area contributed by atoms with E-state index >= 15 is 0 Å². The van der Waals surface area contributed by atoms with E-state index in [2.05, 4.69) is 0 Å². The zero-order valence-electron chi connectivity index (χ0n) is 13.6. The molecular formula is C16H24O4P+. The largest absolute Gasteiger partial charge is 0.483 e. The van der Waals surface area contributed by atoms with Crippen LogP contribution in [0, 0.1) is 0 Å². The Hall–Kier alpha value is -1.41. The number of rotatable bonds is 4. The Bertz CT molecular complexity index is 524. The monoisotopic (exact) mass is 311 g/mol. The summed E-state index contributed by atoms with van der Waals surface area (Å²) in [7, 11) is -1.89. The van der Waals surface area contributed by atoms with Gasteiger partial charge < -0.3 is 9.47 Å². The van der Waals surface area contributed by atoms with E-state index < -0.39 is 25.0 Å². The average Bonchev–Trinajstić information content (AvgIpc) is 2.24. The molecule has 116 valence electrons. The second kappa shape index (κ2) is 6.57. The summed E-state index contributed by atoms with van der Waals surface area (Å²) in [6, 6.07) is 7.10. The van der Waals surface area contributed by atoms with Crippen molar-refractivity contribution >= 4 is 19.1 Å². The Kier molecular flexibility index (Phi) is 5.52. The highest BCUT2D eigenvalue weighted by molar-refractivity contribution is 7.54. The fraction of sp³-hybridized carbons (Fsp3) is 0.562. The fourth-order valence-corrected chi connectivity index (χ4v) is 2.74. The summed E-state index contributed by atoms with van der Waals surface area (Å²) in [5.74, 6) is 0.0869. The molecule has 4 nitrogen and oxygen atoms in total. The maximum Gasteiger partial charge on any atom is 0.392 e. The normalized spacial score (nSPS) is 12.8. The molecule has 0 N–H and O–H groups in total. The van der Waals surface area contributed by atoms with Gasteiger partial charge in [-0.2, -0.15) is 0 Å². The van der Waals surface area contributed by atoms with Gasteiger partial charge >= 0.3 is 13.8 Å². The van der Waals surface area contributed by atoms with Crippen molar-refractivity contribution < 1.29 is 18.8 Å². The van der Waals surface area contributed by atoms with E-state index in [1.807, 2.05) is 26.8 Å². The fourth-order valence-electron chi connectivity index (χ4n) is 1.66. The molecule has 0 amide bonds. The lowest BCUT2D eigenvalue weighted by Crippen LogP contribution is -2.27. The highest BCUT2D eigenvalue weighted by Crippen LogP contribution is 2.28. The van der Waals surface area contributed by atoms with Gasteiger partial charge in [-0.15, -0.1) is 0 Å². The van der Waals surface area contributed by atoms with Gasteiger partial charge in [-0.25, -0.2) is 4.79 Å². The van der Waals surface area contributed by atoms with Gasteiger partial charge in [-0.05, 0) is 53.7 Å². The lowest BCUT2D eigenvalue weighted by molar-refractivity contribution is -0.151. The molecule has 0 aliphatic carbocycles. The molecule has 0 aliphatic rings. The summed E-state index contributed by atoms with van der Waals surface area (Å²) in [6.45, 7) is 11.1. The number of hydrogen-bond donors (Lipinski definition) is 0. The zero-order chi connectivity index (χ0) is 16.3. The molecule has 0 bridgehead atoms. The minimum Gasteiger partial charge on any atom is -0.483 e. The number of hydrogen-bond acceptors (Lipinski definition) is 4. The molecular weight excluding hydrogens is 287 g/mol. The summed E-state index contributed by atoms with van der Waals surface area (Å²) in [5, 5.41) is 0.549. The third-order valence-electron chi connectivity index (χ3n) is 2.24. The van der Waals surface area contributed by atoms with Gasteiger partial charge in [0.15, 0.2) is 5.75 Å². The molecule has 0 aromatic heterocycles. The molecule has 0 heterocycles. The molecule has 1 atom stereocenters. The van der Waals surface area contributed by atoms with E-state index in [0.717, 1.165) is 0 Å². The van der Waals surface area contributed by atoms with Crippen molar-refractivity contribution in [2.45, 2.75) is 52.7 Å². The minimum atomic E-state index is -1.89. The van der Waals surface area contributed by atoms with Crippen molar-refractivity contribution in [2.24, 2.45) is 0 Å². The Morgan fingerprint density at radius 2 is 1.62 bits per heavy atom. The van der Waals surface area contributed by atoms with Crippen LogP contribution >= 0.6 is 7.80 Å². The van der Waals surface area contributed by atoms with Crippen LogP contribution in [0.1, 0.15) is 41.5 Å². The Morgan fingerprint density at radius 3 is 2.14 bits per heavy atom. The molecule has 0 spiro atoms. The van der Waals surface area contributed by atoms with E-state index in [-0.39, 0.29) is 6.16 Å². The van der Waals surface area contributed by atoms with Gasteiger partial charge in [0.2, 0.25) is 11.5 Å². The number of carbonyl (C=O) groups is 1. The summed E-state index contributed by atoms with van der Waals surface area (Å²) in [4.78, 5) is 11.8. The van der Waals surface area contributed by atoms with E-state index in [0.29, 0.717) is 11.1 Å². The van der Waals surface area contributed by atoms with Gasteiger partial charge in [0.25, 0.3) is 0 Å². The van der Waals surface area contributed by atoms with Crippen molar-refractivity contribution in [3.8, 4) is 5.75 Å². The molecule has 21 heavy (non-hydrogen) atoms. The van der Waals surface area contributed by atoms with Crippen molar-refractivity contribution in [3.63, 3.8) is 0 Å². The first-order valence-electron chi connectivity index (χ1n) is 6.92. The van der Waals surface area contributed by atoms with Crippen LogP contribution in [0.3, 0.4) is 0 Å². The van der Waals surface area contributed by atoms with E-state index in [1.165, 1.54) is 0 Å². The minimum absolute atomic E-state index is 0.142. The van der Waals surface area contributed by atoms with Crippen molar-refractivity contribution in [2.75, 3.05) is 6.16 Å². The van der Waals surface area contributed by atoms with Crippen LogP contribution in [0.2, 0.25) is 0 Å². The zero-order valence-corrected chi connectivity index (χ0v) is 14.5. The first-order chi connectivity index (χ1) is 9.48. The van der Waals surface area contributed by atoms with E-state index in [1.54, 1.807) is 39.0 Å². The smallest absolute Gasteiger partial charge is 0.392 e. The quantitative estimate of drug-likeness (QED) is 0.629. The second-order valence-electron chi connectivity index (χ2n) is 6.81. The average molecular weight is 311 g/mol. The molecule has 5 heteroatoms. The molecule has 1 rings (SSSR count).